The Morgan fingerprint density at radius 1 is 1.12 bits per heavy atom. The summed E-state index contributed by atoms with van der Waals surface area (Å²) in [4.78, 5) is 31.8. The van der Waals surface area contributed by atoms with Gasteiger partial charge in [-0.3, -0.25) is 9.78 Å². The molecule has 0 aliphatic heterocycles. The number of rotatable bonds is 6. The molecule has 25 heavy (non-hydrogen) atoms. The molecule has 0 unspecified atom stereocenters. The fourth-order valence-corrected chi connectivity index (χ4v) is 2.16. The molecule has 0 aliphatic carbocycles. The Kier molecular flexibility index (Phi) is 5.16. The van der Waals surface area contributed by atoms with Crippen LogP contribution in [0.1, 0.15) is 20.8 Å². The van der Waals surface area contributed by atoms with Crippen LogP contribution in [0.4, 0.5) is 0 Å². The highest BCUT2D eigenvalue weighted by atomic mass is 16.5. The summed E-state index contributed by atoms with van der Waals surface area (Å²) in [6.45, 7) is 0.198. The van der Waals surface area contributed by atoms with E-state index in [2.05, 4.69) is 15.3 Å². The van der Waals surface area contributed by atoms with Crippen LogP contribution in [-0.4, -0.2) is 35.0 Å². The van der Waals surface area contributed by atoms with Crippen LogP contribution in [0.2, 0.25) is 0 Å². The van der Waals surface area contributed by atoms with Crippen molar-refractivity contribution >= 4 is 11.9 Å². The molecule has 2 aromatic heterocycles. The van der Waals surface area contributed by atoms with Gasteiger partial charge in [0.05, 0.1) is 12.1 Å². The zero-order valence-corrected chi connectivity index (χ0v) is 13.2. The smallest absolute Gasteiger partial charge is 0.361 e. The Hall–Kier alpha value is -3.48. The number of ether oxygens (including phenoxy) is 1. The zero-order chi connectivity index (χ0) is 17.5. The van der Waals surface area contributed by atoms with Crippen molar-refractivity contribution in [3.05, 3.63) is 72.5 Å². The summed E-state index contributed by atoms with van der Waals surface area (Å²) in [7, 11) is 0. The number of amides is 1. The van der Waals surface area contributed by atoms with Gasteiger partial charge in [0.1, 0.15) is 6.61 Å². The van der Waals surface area contributed by atoms with E-state index in [1.807, 2.05) is 30.3 Å². The molecule has 1 aromatic carbocycles. The molecule has 0 saturated carbocycles. The van der Waals surface area contributed by atoms with E-state index in [1.54, 1.807) is 18.3 Å². The lowest BCUT2D eigenvalue weighted by atomic mass is 10.1. The number of pyridine rings is 1. The Morgan fingerprint density at radius 3 is 2.72 bits per heavy atom. The SMILES string of the molecule is O=C(NCCOC(=O)c1ncoc1-c1ccccc1)c1cccnc1. The van der Waals surface area contributed by atoms with Crippen LogP contribution in [0.5, 0.6) is 0 Å². The topological polar surface area (TPSA) is 94.3 Å². The number of hydrogen-bond acceptors (Lipinski definition) is 6. The molecule has 3 rings (SSSR count). The Labute approximate surface area is 143 Å². The van der Waals surface area contributed by atoms with Gasteiger partial charge in [-0.05, 0) is 12.1 Å². The number of oxazole rings is 1. The van der Waals surface area contributed by atoms with Crippen molar-refractivity contribution in [2.45, 2.75) is 0 Å². The molecule has 0 radical (unpaired) electrons. The quantitative estimate of drug-likeness (QED) is 0.548. The summed E-state index contributed by atoms with van der Waals surface area (Å²) < 4.78 is 10.4. The van der Waals surface area contributed by atoms with E-state index in [0.717, 1.165) is 5.56 Å². The van der Waals surface area contributed by atoms with Gasteiger partial charge in [-0.15, -0.1) is 0 Å². The number of benzene rings is 1. The first-order valence-corrected chi connectivity index (χ1v) is 7.60. The number of hydrogen-bond donors (Lipinski definition) is 1. The minimum atomic E-state index is -0.608. The van der Waals surface area contributed by atoms with E-state index in [4.69, 9.17) is 9.15 Å². The molecule has 0 spiro atoms. The molecule has 2 heterocycles. The van der Waals surface area contributed by atoms with Crippen molar-refractivity contribution in [2.75, 3.05) is 13.2 Å². The fraction of sp³-hybridized carbons (Fsp3) is 0.111. The van der Waals surface area contributed by atoms with Crippen molar-refractivity contribution in [3.8, 4) is 11.3 Å². The van der Waals surface area contributed by atoms with Crippen LogP contribution in [-0.2, 0) is 4.74 Å². The van der Waals surface area contributed by atoms with Gasteiger partial charge in [-0.25, -0.2) is 9.78 Å². The maximum Gasteiger partial charge on any atom is 0.361 e. The van der Waals surface area contributed by atoms with Crippen LogP contribution in [0.15, 0.2) is 65.7 Å². The number of nitrogens with zero attached hydrogens (tertiary/aromatic N) is 2. The maximum absolute atomic E-state index is 12.1. The number of carbonyl (C=O) groups excluding carboxylic acids is 2. The monoisotopic (exact) mass is 337 g/mol. The van der Waals surface area contributed by atoms with Crippen LogP contribution < -0.4 is 5.32 Å². The van der Waals surface area contributed by atoms with Gasteiger partial charge in [0.2, 0.25) is 0 Å². The molecule has 0 atom stereocenters. The summed E-state index contributed by atoms with van der Waals surface area (Å²) in [5.74, 6) is -0.538. The number of esters is 1. The standard InChI is InChI=1S/C18H15N3O4/c22-17(14-7-4-8-19-11-14)20-9-10-24-18(23)15-16(25-12-21-15)13-5-2-1-3-6-13/h1-8,11-12H,9-10H2,(H,20,22). The lowest BCUT2D eigenvalue weighted by Crippen LogP contribution is -2.28. The van der Waals surface area contributed by atoms with Crippen molar-refractivity contribution in [1.82, 2.24) is 15.3 Å². The average Bonchev–Trinajstić information content (AvgIpc) is 3.16. The summed E-state index contributed by atoms with van der Waals surface area (Å²) >= 11 is 0. The predicted molar refractivity (Wildman–Crippen MR) is 88.8 cm³/mol. The van der Waals surface area contributed by atoms with E-state index in [1.165, 1.54) is 12.6 Å². The zero-order valence-electron chi connectivity index (χ0n) is 13.2. The normalized spacial score (nSPS) is 10.2. The summed E-state index contributed by atoms with van der Waals surface area (Å²) in [6, 6.07) is 12.5. The highest BCUT2D eigenvalue weighted by Crippen LogP contribution is 2.23. The minimum Gasteiger partial charge on any atom is -0.459 e. The number of carbonyl (C=O) groups is 2. The molecule has 3 aromatic rings. The molecular formula is C18H15N3O4. The third-order valence-corrected chi connectivity index (χ3v) is 3.34. The Morgan fingerprint density at radius 2 is 1.96 bits per heavy atom. The molecule has 0 aliphatic rings. The van der Waals surface area contributed by atoms with Crippen LogP contribution >= 0.6 is 0 Å². The van der Waals surface area contributed by atoms with E-state index in [0.29, 0.717) is 11.3 Å². The number of nitrogens with one attached hydrogen (secondary N) is 1. The van der Waals surface area contributed by atoms with Gasteiger partial charge in [-0.2, -0.15) is 0 Å². The van der Waals surface area contributed by atoms with Gasteiger partial charge in [0.25, 0.3) is 5.91 Å². The van der Waals surface area contributed by atoms with E-state index < -0.39 is 5.97 Å². The van der Waals surface area contributed by atoms with Gasteiger partial charge in [0, 0.05) is 18.0 Å². The van der Waals surface area contributed by atoms with Crippen molar-refractivity contribution in [3.63, 3.8) is 0 Å². The second-order valence-electron chi connectivity index (χ2n) is 5.03. The van der Waals surface area contributed by atoms with Gasteiger partial charge >= 0.3 is 5.97 Å². The van der Waals surface area contributed by atoms with E-state index in [-0.39, 0.29) is 24.8 Å². The molecular weight excluding hydrogens is 322 g/mol. The molecule has 0 saturated heterocycles. The highest BCUT2D eigenvalue weighted by molar-refractivity contribution is 5.94. The van der Waals surface area contributed by atoms with Crippen LogP contribution in [0.25, 0.3) is 11.3 Å². The summed E-state index contributed by atoms with van der Waals surface area (Å²) in [6.07, 6.45) is 4.24. The second-order valence-corrected chi connectivity index (χ2v) is 5.03. The van der Waals surface area contributed by atoms with Crippen molar-refractivity contribution < 1.29 is 18.7 Å². The number of aromatic nitrogens is 2. The maximum atomic E-state index is 12.1. The molecule has 1 N–H and O–H groups in total. The molecule has 1 amide bonds. The van der Waals surface area contributed by atoms with Crippen LogP contribution in [0, 0.1) is 0 Å². The van der Waals surface area contributed by atoms with Crippen molar-refractivity contribution in [1.29, 1.82) is 0 Å². The van der Waals surface area contributed by atoms with E-state index in [9.17, 15) is 9.59 Å². The third kappa shape index (κ3) is 4.08. The van der Waals surface area contributed by atoms with Gasteiger partial charge in [0.15, 0.2) is 17.8 Å². The van der Waals surface area contributed by atoms with Crippen molar-refractivity contribution in [2.24, 2.45) is 0 Å². The summed E-state index contributed by atoms with van der Waals surface area (Å²) in [5, 5.41) is 2.65. The first-order valence-electron chi connectivity index (χ1n) is 7.60. The minimum absolute atomic E-state index is 0.0198. The lowest BCUT2D eigenvalue weighted by Gasteiger charge is -2.06. The van der Waals surface area contributed by atoms with Gasteiger partial charge in [-0.1, -0.05) is 30.3 Å². The Bertz CT molecular complexity index is 847. The highest BCUT2D eigenvalue weighted by Gasteiger charge is 2.19. The summed E-state index contributed by atoms with van der Waals surface area (Å²) in [5.41, 5.74) is 1.28. The predicted octanol–water partition coefficient (Wildman–Crippen LogP) is 2.32. The van der Waals surface area contributed by atoms with E-state index >= 15 is 0 Å². The van der Waals surface area contributed by atoms with Gasteiger partial charge < -0.3 is 14.5 Å². The lowest BCUT2D eigenvalue weighted by molar-refractivity contribution is 0.0497. The largest absolute Gasteiger partial charge is 0.459 e. The molecule has 0 bridgehead atoms. The average molecular weight is 337 g/mol. The second kappa shape index (κ2) is 7.87. The molecule has 126 valence electrons. The molecule has 7 heteroatoms. The fourth-order valence-electron chi connectivity index (χ4n) is 2.16. The Balaban J connectivity index is 1.52. The third-order valence-electron chi connectivity index (χ3n) is 3.34. The molecule has 0 fully saturated rings. The first kappa shape index (κ1) is 16.4. The molecule has 7 nitrogen and oxygen atoms in total. The van der Waals surface area contributed by atoms with Crippen LogP contribution in [0.3, 0.4) is 0 Å². The first-order chi connectivity index (χ1) is 12.3.